The van der Waals surface area contributed by atoms with Crippen LogP contribution in [-0.2, 0) is 9.84 Å². The number of hydrogen-bond donors (Lipinski definition) is 0. The molecule has 0 saturated heterocycles. The zero-order valence-corrected chi connectivity index (χ0v) is 17.4. The van der Waals surface area contributed by atoms with E-state index in [0.29, 0.717) is 11.4 Å². The maximum atomic E-state index is 13.1. The highest BCUT2D eigenvalue weighted by molar-refractivity contribution is 7.91. The highest BCUT2D eigenvalue weighted by Gasteiger charge is 2.18. The summed E-state index contributed by atoms with van der Waals surface area (Å²) in [6.07, 6.45) is 0. The smallest absolute Gasteiger partial charge is 0.206 e. The van der Waals surface area contributed by atoms with Crippen molar-refractivity contribution in [2.24, 2.45) is 9.98 Å². The highest BCUT2D eigenvalue weighted by Crippen LogP contribution is 2.27. The molecule has 0 aliphatic rings. The molecule has 0 amide bonds. The highest BCUT2D eigenvalue weighted by atomic mass is 32.2. The first-order chi connectivity index (χ1) is 12.6. The van der Waals surface area contributed by atoms with Crippen LogP contribution in [0.4, 0.5) is 11.4 Å². The largest absolute Gasteiger partial charge is 0.366 e. The molecule has 7 heteroatoms. The Kier molecular flexibility index (Phi) is 6.38. The molecule has 0 bridgehead atoms. The third-order valence-corrected chi connectivity index (χ3v) is 5.88. The van der Waals surface area contributed by atoms with E-state index in [0.717, 1.165) is 11.7 Å². The second kappa shape index (κ2) is 8.35. The fourth-order valence-electron chi connectivity index (χ4n) is 2.15. The van der Waals surface area contributed by atoms with Crippen molar-refractivity contribution < 1.29 is 8.42 Å². The Bertz CT molecular complexity index is 903. The Hall–Kier alpha value is -2.67. The van der Waals surface area contributed by atoms with Crippen LogP contribution in [0.2, 0.25) is 0 Å². The summed E-state index contributed by atoms with van der Waals surface area (Å²) in [5.74, 6) is 1.58. The van der Waals surface area contributed by atoms with Gasteiger partial charge in [0.15, 0.2) is 0 Å². The lowest BCUT2D eigenvalue weighted by Gasteiger charge is -2.12. The minimum Gasteiger partial charge on any atom is -0.366 e. The number of hydrogen-bond acceptors (Lipinski definition) is 4. The third kappa shape index (κ3) is 5.17. The molecule has 0 radical (unpaired) electrons. The van der Waals surface area contributed by atoms with Gasteiger partial charge in [0, 0.05) is 28.2 Å². The monoisotopic (exact) mass is 386 g/mol. The van der Waals surface area contributed by atoms with Crippen molar-refractivity contribution in [3.05, 3.63) is 48.5 Å². The van der Waals surface area contributed by atoms with E-state index in [9.17, 15) is 8.42 Å². The topological polar surface area (TPSA) is 65.3 Å². The Morgan fingerprint density at radius 3 is 1.44 bits per heavy atom. The van der Waals surface area contributed by atoms with Crippen molar-refractivity contribution in [2.75, 3.05) is 28.2 Å². The predicted molar refractivity (Wildman–Crippen MR) is 111 cm³/mol. The van der Waals surface area contributed by atoms with Crippen molar-refractivity contribution in [2.45, 2.75) is 23.6 Å². The van der Waals surface area contributed by atoms with Gasteiger partial charge in [-0.15, -0.1) is 0 Å². The predicted octanol–water partition coefficient (Wildman–Crippen LogP) is 3.74. The van der Waals surface area contributed by atoms with Crippen molar-refractivity contribution in [1.29, 1.82) is 0 Å². The van der Waals surface area contributed by atoms with Crippen molar-refractivity contribution in [1.82, 2.24) is 9.80 Å². The van der Waals surface area contributed by atoms with Crippen LogP contribution in [0.15, 0.2) is 68.3 Å². The van der Waals surface area contributed by atoms with E-state index in [2.05, 4.69) is 9.98 Å². The lowest BCUT2D eigenvalue weighted by atomic mass is 10.3. The molecule has 2 rings (SSSR count). The quantitative estimate of drug-likeness (QED) is 0.593. The Labute approximate surface area is 161 Å². The molecule has 0 atom stereocenters. The standard InChI is InChI=1S/C20H26N4O2S/c1-15(23(3)4)21-17-9-7-11-19(13-17)27(25,26)20-12-8-10-18(14-20)22-16(2)24(5)6/h7-14H,1-6H3. The zero-order chi connectivity index (χ0) is 20.2. The summed E-state index contributed by atoms with van der Waals surface area (Å²) in [5, 5.41) is 0. The van der Waals surface area contributed by atoms with Crippen molar-refractivity contribution in [3.63, 3.8) is 0 Å². The van der Waals surface area contributed by atoms with Gasteiger partial charge >= 0.3 is 0 Å². The number of nitrogens with zero attached hydrogens (tertiary/aromatic N) is 4. The molecule has 0 aliphatic carbocycles. The number of sulfone groups is 1. The molecule has 0 aliphatic heterocycles. The van der Waals surface area contributed by atoms with Crippen LogP contribution < -0.4 is 0 Å². The van der Waals surface area contributed by atoms with Gasteiger partial charge in [-0.3, -0.25) is 0 Å². The van der Waals surface area contributed by atoms with Crippen molar-refractivity contribution in [3.8, 4) is 0 Å². The Morgan fingerprint density at radius 2 is 1.11 bits per heavy atom. The number of amidine groups is 2. The molecule has 0 fully saturated rings. The van der Waals surface area contributed by atoms with Crippen LogP contribution in [0, 0.1) is 0 Å². The van der Waals surface area contributed by atoms with Gasteiger partial charge in [-0.1, -0.05) is 12.1 Å². The average Bonchev–Trinajstić information content (AvgIpc) is 2.62. The van der Waals surface area contributed by atoms with E-state index in [4.69, 9.17) is 0 Å². The van der Waals surface area contributed by atoms with Gasteiger partial charge < -0.3 is 9.80 Å². The molecule has 0 heterocycles. The summed E-state index contributed by atoms with van der Waals surface area (Å²) in [6.45, 7) is 3.74. The van der Waals surface area contributed by atoms with Gasteiger partial charge in [0.1, 0.15) is 11.7 Å². The van der Waals surface area contributed by atoms with Gasteiger partial charge in [0.25, 0.3) is 0 Å². The second-order valence-electron chi connectivity index (χ2n) is 6.61. The molecule has 27 heavy (non-hydrogen) atoms. The van der Waals surface area contributed by atoms with Crippen LogP contribution in [0.1, 0.15) is 13.8 Å². The van der Waals surface area contributed by atoms with E-state index in [1.807, 2.05) is 51.8 Å². The summed E-state index contributed by atoms with van der Waals surface area (Å²) in [6, 6.07) is 13.3. The lowest BCUT2D eigenvalue weighted by Crippen LogP contribution is -2.17. The summed E-state index contributed by atoms with van der Waals surface area (Å²) < 4.78 is 26.1. The number of rotatable bonds is 4. The first-order valence-corrected chi connectivity index (χ1v) is 10.00. The Balaban J connectivity index is 2.45. The summed E-state index contributed by atoms with van der Waals surface area (Å²) >= 11 is 0. The molecule has 0 N–H and O–H groups in total. The summed E-state index contributed by atoms with van der Waals surface area (Å²) in [4.78, 5) is 13.1. The first kappa shape index (κ1) is 20.6. The van der Waals surface area contributed by atoms with Gasteiger partial charge in [0.2, 0.25) is 9.84 Å². The van der Waals surface area contributed by atoms with Gasteiger partial charge in [-0.2, -0.15) is 0 Å². The minimum atomic E-state index is -3.66. The van der Waals surface area contributed by atoms with Crippen LogP contribution in [0.25, 0.3) is 0 Å². The van der Waals surface area contributed by atoms with Crippen LogP contribution >= 0.6 is 0 Å². The van der Waals surface area contributed by atoms with Crippen LogP contribution in [0.3, 0.4) is 0 Å². The van der Waals surface area contributed by atoms with E-state index < -0.39 is 9.84 Å². The average molecular weight is 387 g/mol. The molecule has 0 spiro atoms. The molecule has 2 aromatic carbocycles. The lowest BCUT2D eigenvalue weighted by molar-refractivity contribution is 0.596. The second-order valence-corrected chi connectivity index (χ2v) is 8.55. The van der Waals surface area contributed by atoms with Crippen molar-refractivity contribution >= 4 is 32.9 Å². The van der Waals surface area contributed by atoms with Gasteiger partial charge in [-0.05, 0) is 50.2 Å². The van der Waals surface area contributed by atoms with Gasteiger partial charge in [-0.25, -0.2) is 18.4 Å². The fourth-order valence-corrected chi connectivity index (χ4v) is 3.49. The Morgan fingerprint density at radius 1 is 0.741 bits per heavy atom. The summed E-state index contributed by atoms with van der Waals surface area (Å²) in [7, 11) is 3.90. The molecular weight excluding hydrogens is 360 g/mol. The van der Waals surface area contributed by atoms with Crippen LogP contribution in [0.5, 0.6) is 0 Å². The number of benzene rings is 2. The maximum Gasteiger partial charge on any atom is 0.206 e. The molecule has 0 aromatic heterocycles. The first-order valence-electron chi connectivity index (χ1n) is 8.51. The fraction of sp³-hybridized carbons (Fsp3) is 0.300. The van der Waals surface area contributed by atoms with E-state index in [-0.39, 0.29) is 9.79 Å². The summed E-state index contributed by atoms with van der Waals surface area (Å²) in [5.41, 5.74) is 1.19. The normalized spacial score (nSPS) is 12.8. The molecule has 0 unspecified atom stereocenters. The molecule has 6 nitrogen and oxygen atoms in total. The van der Waals surface area contributed by atoms with E-state index in [1.165, 1.54) is 0 Å². The van der Waals surface area contributed by atoms with E-state index >= 15 is 0 Å². The maximum absolute atomic E-state index is 13.1. The van der Waals surface area contributed by atoms with Gasteiger partial charge in [0.05, 0.1) is 21.2 Å². The molecular formula is C20H26N4O2S. The molecule has 0 saturated carbocycles. The zero-order valence-electron chi connectivity index (χ0n) is 16.6. The third-order valence-electron chi connectivity index (χ3n) is 4.13. The van der Waals surface area contributed by atoms with Crippen LogP contribution in [-0.4, -0.2) is 58.1 Å². The molecule has 144 valence electrons. The molecule has 2 aromatic rings. The SMILES string of the molecule is CC(=Nc1cccc(S(=O)(=O)c2cccc(N=C(C)N(C)C)c2)c1)N(C)C. The van der Waals surface area contributed by atoms with E-state index in [1.54, 1.807) is 48.5 Å². The number of aliphatic imine (C=N–C) groups is 2. The minimum absolute atomic E-state index is 0.209.